The Morgan fingerprint density at radius 1 is 1.47 bits per heavy atom. The van der Waals surface area contributed by atoms with Crippen molar-refractivity contribution in [2.45, 2.75) is 44.5 Å². The highest BCUT2D eigenvalue weighted by Gasteiger charge is 2.43. The third-order valence-corrected chi connectivity index (χ3v) is 3.20. The molecule has 0 bridgehead atoms. The van der Waals surface area contributed by atoms with Crippen molar-refractivity contribution >= 4 is 0 Å². The number of benzene rings is 1. The van der Waals surface area contributed by atoms with Gasteiger partial charge >= 0.3 is 0 Å². The van der Waals surface area contributed by atoms with E-state index in [-0.39, 0.29) is 19.3 Å². The topological polar surface area (TPSA) is 47.9 Å². The number of hydrogen-bond donors (Lipinski definition) is 1. The van der Waals surface area contributed by atoms with E-state index in [2.05, 4.69) is 0 Å². The first-order valence-corrected chi connectivity index (χ1v) is 6.18. The number of aliphatic hydroxyl groups excluding tert-OH is 1. The van der Waals surface area contributed by atoms with Gasteiger partial charge in [0.25, 0.3) is 0 Å². The summed E-state index contributed by atoms with van der Waals surface area (Å²) in [5.41, 5.74) is 0.421. The second-order valence-corrected chi connectivity index (χ2v) is 4.42. The Labute approximate surface area is 113 Å². The molecule has 106 valence electrons. The van der Waals surface area contributed by atoms with Crippen LogP contribution in [-0.2, 0) is 20.8 Å². The number of hydrogen-bond acceptors (Lipinski definition) is 4. The first kappa shape index (κ1) is 13.0. The number of aliphatic hydroxyl groups is 1. The van der Waals surface area contributed by atoms with E-state index < -0.39 is 24.6 Å². The molecule has 5 heteroatoms. The summed E-state index contributed by atoms with van der Waals surface area (Å²) < 4.78 is 36.9. The zero-order valence-electron chi connectivity index (χ0n) is 11.8. The molecule has 0 amide bonds. The minimum absolute atomic E-state index is 0.0443. The normalized spacial score (nSPS) is 31.4. The molecule has 1 N–H and O–H groups in total. The average Bonchev–Trinajstić information content (AvgIpc) is 2.75. The lowest BCUT2D eigenvalue weighted by molar-refractivity contribution is -0.148. The summed E-state index contributed by atoms with van der Waals surface area (Å²) in [4.78, 5) is 0. The lowest BCUT2D eigenvalue weighted by Gasteiger charge is -2.19. The Morgan fingerprint density at radius 3 is 2.95 bits per heavy atom. The molecule has 4 nitrogen and oxygen atoms in total. The molecule has 0 spiro atoms. The largest absolute Gasteiger partial charge is 0.385 e. The maximum atomic E-state index is 13.5. The summed E-state index contributed by atoms with van der Waals surface area (Å²) in [7, 11) is 1.44. The molecule has 0 saturated carbocycles. The van der Waals surface area contributed by atoms with Gasteiger partial charge in [-0.05, 0) is 12.5 Å². The van der Waals surface area contributed by atoms with Gasteiger partial charge in [0, 0.05) is 14.0 Å². The maximum Gasteiger partial charge on any atom is 0.186 e. The van der Waals surface area contributed by atoms with Crippen LogP contribution in [-0.4, -0.2) is 36.8 Å². The van der Waals surface area contributed by atoms with E-state index in [9.17, 15) is 9.50 Å². The molecule has 1 unspecified atom stereocenters. The molecule has 19 heavy (non-hydrogen) atoms. The SMILES string of the molecule is [2H]CC[C@H]1OC(OC)[C@H](O)[C@H]1OCc1ccccc1F. The van der Waals surface area contributed by atoms with Crippen molar-refractivity contribution in [3.05, 3.63) is 35.6 Å². The van der Waals surface area contributed by atoms with Crippen LogP contribution in [0.3, 0.4) is 0 Å². The zero-order valence-corrected chi connectivity index (χ0v) is 10.8. The third-order valence-electron chi connectivity index (χ3n) is 3.20. The molecule has 1 heterocycles. The second kappa shape index (κ2) is 6.43. The minimum Gasteiger partial charge on any atom is -0.385 e. The van der Waals surface area contributed by atoms with Gasteiger partial charge in [-0.3, -0.25) is 0 Å². The Hall–Kier alpha value is -1.01. The first-order valence-electron chi connectivity index (χ1n) is 6.88. The fourth-order valence-corrected chi connectivity index (χ4v) is 2.14. The van der Waals surface area contributed by atoms with E-state index in [4.69, 9.17) is 15.6 Å². The molecule has 1 saturated heterocycles. The molecule has 0 radical (unpaired) electrons. The van der Waals surface area contributed by atoms with Crippen molar-refractivity contribution in [2.75, 3.05) is 7.11 Å². The van der Waals surface area contributed by atoms with Crippen LogP contribution < -0.4 is 0 Å². The summed E-state index contributed by atoms with van der Waals surface area (Å²) in [5.74, 6) is -0.346. The highest BCUT2D eigenvalue weighted by atomic mass is 19.1. The van der Waals surface area contributed by atoms with Crippen LogP contribution in [0, 0.1) is 5.82 Å². The molecule has 4 atom stereocenters. The highest BCUT2D eigenvalue weighted by Crippen LogP contribution is 2.27. The van der Waals surface area contributed by atoms with Crippen molar-refractivity contribution in [2.24, 2.45) is 0 Å². The molecular formula is C14H19FO4. The van der Waals surface area contributed by atoms with Crippen molar-refractivity contribution in [1.82, 2.24) is 0 Å². The smallest absolute Gasteiger partial charge is 0.186 e. The molecule has 1 aliphatic rings. The van der Waals surface area contributed by atoms with Gasteiger partial charge in [-0.2, -0.15) is 0 Å². The zero-order chi connectivity index (χ0) is 14.5. The van der Waals surface area contributed by atoms with Crippen molar-refractivity contribution < 1.29 is 25.1 Å². The summed E-state index contributed by atoms with van der Waals surface area (Å²) >= 11 is 0. The van der Waals surface area contributed by atoms with E-state index in [0.717, 1.165) is 0 Å². The molecule has 1 aliphatic heterocycles. The van der Waals surface area contributed by atoms with Crippen molar-refractivity contribution in [3.8, 4) is 0 Å². The van der Waals surface area contributed by atoms with Crippen LogP contribution in [0.25, 0.3) is 0 Å². The molecule has 2 rings (SSSR count). The molecule has 0 aromatic heterocycles. The summed E-state index contributed by atoms with van der Waals surface area (Å²) in [5, 5.41) is 10.1. The van der Waals surface area contributed by atoms with Crippen LogP contribution in [0.5, 0.6) is 0 Å². The van der Waals surface area contributed by atoms with Crippen LogP contribution in [0.2, 0.25) is 0 Å². The predicted molar refractivity (Wildman–Crippen MR) is 66.9 cm³/mol. The summed E-state index contributed by atoms with van der Waals surface area (Å²) in [6.07, 6.45) is -2.32. The highest BCUT2D eigenvalue weighted by molar-refractivity contribution is 5.16. The molecule has 1 fully saturated rings. The van der Waals surface area contributed by atoms with Gasteiger partial charge in [0.05, 0.1) is 12.7 Å². The Kier molecular flexibility index (Phi) is 4.40. The molecule has 1 aromatic carbocycles. The summed E-state index contributed by atoms with van der Waals surface area (Å²) in [6.45, 7) is 0.204. The lowest BCUT2D eigenvalue weighted by atomic mass is 10.1. The predicted octanol–water partition coefficient (Wildman–Crippen LogP) is 1.85. The van der Waals surface area contributed by atoms with E-state index in [1.807, 2.05) is 0 Å². The van der Waals surface area contributed by atoms with Crippen molar-refractivity contribution in [1.29, 1.82) is 0 Å². The van der Waals surface area contributed by atoms with Gasteiger partial charge in [-0.1, -0.05) is 25.1 Å². The first-order chi connectivity index (χ1) is 9.67. The van der Waals surface area contributed by atoms with Gasteiger partial charge in [-0.15, -0.1) is 0 Å². The number of ether oxygens (including phenoxy) is 3. The fraction of sp³-hybridized carbons (Fsp3) is 0.571. The third kappa shape index (κ3) is 3.12. The van der Waals surface area contributed by atoms with Gasteiger partial charge in [0.2, 0.25) is 0 Å². The summed E-state index contributed by atoms with van der Waals surface area (Å²) in [6, 6.07) is 6.32. The van der Waals surface area contributed by atoms with Crippen LogP contribution >= 0.6 is 0 Å². The second-order valence-electron chi connectivity index (χ2n) is 4.42. The van der Waals surface area contributed by atoms with Crippen molar-refractivity contribution in [3.63, 3.8) is 0 Å². The quantitative estimate of drug-likeness (QED) is 0.888. The van der Waals surface area contributed by atoms with Gasteiger partial charge in [-0.25, -0.2) is 4.39 Å². The van der Waals surface area contributed by atoms with Crippen LogP contribution in [0.15, 0.2) is 24.3 Å². The maximum absolute atomic E-state index is 13.5. The average molecular weight is 271 g/mol. The minimum atomic E-state index is -0.941. The van der Waals surface area contributed by atoms with Gasteiger partial charge in [0.15, 0.2) is 6.29 Å². The molecule has 0 aliphatic carbocycles. The van der Waals surface area contributed by atoms with E-state index in [1.54, 1.807) is 18.2 Å². The molecule has 1 aromatic rings. The fourth-order valence-electron chi connectivity index (χ4n) is 2.14. The van der Waals surface area contributed by atoms with Crippen LogP contribution in [0.1, 0.15) is 20.3 Å². The lowest BCUT2D eigenvalue weighted by Crippen LogP contribution is -2.35. The van der Waals surface area contributed by atoms with E-state index >= 15 is 0 Å². The number of rotatable bonds is 5. The Balaban J connectivity index is 2.00. The van der Waals surface area contributed by atoms with Gasteiger partial charge < -0.3 is 19.3 Å². The molecular weight excluding hydrogens is 251 g/mol. The van der Waals surface area contributed by atoms with E-state index in [1.165, 1.54) is 13.2 Å². The van der Waals surface area contributed by atoms with Crippen LogP contribution in [0.4, 0.5) is 4.39 Å². The van der Waals surface area contributed by atoms with Gasteiger partial charge in [0.1, 0.15) is 18.0 Å². The Morgan fingerprint density at radius 2 is 2.26 bits per heavy atom. The number of methoxy groups -OCH3 is 1. The standard InChI is InChI=1S/C14H19FO4/c1-3-11-13(12(16)14(17-2)19-11)18-8-9-6-4-5-7-10(9)15/h4-7,11-14,16H,3,8H2,1-2H3/t11-,12-,13+,14?/m1/s1/i1D. The number of halogens is 1. The monoisotopic (exact) mass is 271 g/mol. The van der Waals surface area contributed by atoms with E-state index in [0.29, 0.717) is 12.0 Å². The Bertz CT molecular complexity index is 431.